The normalized spacial score (nSPS) is 9.82. The first-order chi connectivity index (χ1) is 10.6. The Labute approximate surface area is 137 Å². The van der Waals surface area contributed by atoms with Crippen molar-refractivity contribution >= 4 is 24.2 Å². The van der Waals surface area contributed by atoms with Crippen LogP contribution in [0.25, 0.3) is 0 Å². The van der Waals surface area contributed by atoms with E-state index in [2.05, 4.69) is 30.2 Å². The van der Waals surface area contributed by atoms with Crippen molar-refractivity contribution in [2.24, 2.45) is 0 Å². The second-order valence-corrected chi connectivity index (χ2v) is 5.33. The lowest BCUT2D eigenvalue weighted by Gasteiger charge is -2.05. The molecule has 0 spiro atoms. The number of hydrogen-bond donors (Lipinski definition) is 3. The van der Waals surface area contributed by atoms with Crippen LogP contribution < -0.4 is 10.6 Å². The molecule has 0 fully saturated rings. The number of thiol groups is 1. The zero-order valence-electron chi connectivity index (χ0n) is 13.3. The van der Waals surface area contributed by atoms with Crippen molar-refractivity contribution in [2.45, 2.75) is 31.3 Å². The maximum atomic E-state index is 11.8. The molecule has 0 aliphatic heterocycles. The minimum Gasteiger partial charge on any atom is -0.445 e. The average molecular weight is 320 g/mol. The Bertz CT molecular complexity index is 564. The fourth-order valence-corrected chi connectivity index (χ4v) is 1.95. The van der Waals surface area contributed by atoms with E-state index in [-0.39, 0.29) is 11.7 Å². The van der Waals surface area contributed by atoms with Crippen LogP contribution in [0.1, 0.15) is 35.9 Å². The van der Waals surface area contributed by atoms with Gasteiger partial charge in [-0.05, 0) is 56.8 Å². The third-order valence-corrected chi connectivity index (χ3v) is 3.09. The molecule has 2 N–H and O–H groups in total. The molecule has 22 heavy (non-hydrogen) atoms. The highest BCUT2D eigenvalue weighted by atomic mass is 32.1. The molecule has 1 aromatic carbocycles. The van der Waals surface area contributed by atoms with Gasteiger partial charge in [0.2, 0.25) is 0 Å². The molecule has 0 unspecified atom stereocenters. The maximum absolute atomic E-state index is 11.8. The number of aryl methyl sites for hydroxylation is 1. The van der Waals surface area contributed by atoms with E-state index in [1.807, 2.05) is 38.4 Å². The Balaban J connectivity index is 0.000000745. The Morgan fingerprint density at radius 3 is 2.27 bits per heavy atom. The van der Waals surface area contributed by atoms with Crippen LogP contribution >= 0.6 is 12.6 Å². The molecular weight excluding hydrogens is 296 g/mol. The number of furan rings is 1. The Hall–Kier alpha value is -1.72. The highest BCUT2D eigenvalue weighted by molar-refractivity contribution is 7.80. The smallest absolute Gasteiger partial charge is 0.291 e. The van der Waals surface area contributed by atoms with E-state index >= 15 is 0 Å². The van der Waals surface area contributed by atoms with Crippen LogP contribution in [0.5, 0.6) is 0 Å². The summed E-state index contributed by atoms with van der Waals surface area (Å²) < 4.78 is 5.15. The highest BCUT2D eigenvalue weighted by Gasteiger charge is 2.10. The van der Waals surface area contributed by atoms with Crippen LogP contribution in [0, 0.1) is 0 Å². The number of hydrogen-bond acceptors (Lipinski definition) is 4. The quantitative estimate of drug-likeness (QED) is 0.730. The van der Waals surface area contributed by atoms with Crippen LogP contribution in [0.4, 0.5) is 5.69 Å². The summed E-state index contributed by atoms with van der Waals surface area (Å²) in [6.07, 6.45) is 3.44. The molecule has 1 aromatic heterocycles. The van der Waals surface area contributed by atoms with Gasteiger partial charge in [0.25, 0.3) is 5.91 Å². The summed E-state index contributed by atoms with van der Waals surface area (Å²) in [6.45, 7) is 2.17. The summed E-state index contributed by atoms with van der Waals surface area (Å²) >= 11 is 4.03. The van der Waals surface area contributed by atoms with Crippen molar-refractivity contribution in [1.29, 1.82) is 0 Å². The zero-order valence-corrected chi connectivity index (χ0v) is 14.2. The molecule has 0 bridgehead atoms. The van der Waals surface area contributed by atoms with Gasteiger partial charge in [-0.25, -0.2) is 0 Å². The van der Waals surface area contributed by atoms with Gasteiger partial charge in [-0.1, -0.05) is 25.5 Å². The Kier molecular flexibility index (Phi) is 8.40. The maximum Gasteiger partial charge on any atom is 0.291 e. The molecule has 0 atom stereocenters. The lowest BCUT2D eigenvalue weighted by molar-refractivity contribution is 0.0992. The van der Waals surface area contributed by atoms with Gasteiger partial charge < -0.3 is 15.1 Å². The van der Waals surface area contributed by atoms with Crippen molar-refractivity contribution in [1.82, 2.24) is 5.32 Å². The number of unbranched alkanes of at least 4 members (excludes halogenated alkanes) is 1. The molecule has 0 saturated heterocycles. The van der Waals surface area contributed by atoms with Crippen LogP contribution in [-0.4, -0.2) is 20.0 Å². The number of carbonyl (C=O) groups is 1. The first-order valence-electron chi connectivity index (χ1n) is 7.38. The fourth-order valence-electron chi connectivity index (χ4n) is 1.78. The summed E-state index contributed by atoms with van der Waals surface area (Å²) in [5.74, 6) is 0.00154. The van der Waals surface area contributed by atoms with E-state index < -0.39 is 0 Å². The number of amides is 1. The molecule has 4 nitrogen and oxygen atoms in total. The van der Waals surface area contributed by atoms with Crippen LogP contribution in [0.15, 0.2) is 45.9 Å². The van der Waals surface area contributed by atoms with Gasteiger partial charge in [0.1, 0.15) is 0 Å². The standard InChI is InChI=1S/C15H17NO2S.C2H7N/c1-2-3-4-11-5-7-12(8-6-11)16-15(17)13-9-10-14(19)18-13;1-3-2/h5-10,19H,2-4H2,1H3,(H,16,17);3H,1-2H3. The molecule has 0 radical (unpaired) electrons. The van der Waals surface area contributed by atoms with E-state index in [1.54, 1.807) is 12.1 Å². The van der Waals surface area contributed by atoms with Gasteiger partial charge in [-0.2, -0.15) is 0 Å². The minimum atomic E-state index is -0.262. The van der Waals surface area contributed by atoms with Crippen molar-refractivity contribution < 1.29 is 9.21 Å². The zero-order chi connectivity index (χ0) is 16.4. The van der Waals surface area contributed by atoms with Gasteiger partial charge in [-0.3, -0.25) is 4.79 Å². The molecular formula is C17H24N2O2S. The molecule has 120 valence electrons. The van der Waals surface area contributed by atoms with Gasteiger partial charge in [-0.15, -0.1) is 12.6 Å². The number of benzene rings is 1. The molecule has 1 heterocycles. The van der Waals surface area contributed by atoms with E-state index in [4.69, 9.17) is 4.42 Å². The predicted molar refractivity (Wildman–Crippen MR) is 94.0 cm³/mol. The summed E-state index contributed by atoms with van der Waals surface area (Å²) in [5.41, 5.74) is 2.05. The molecule has 2 aromatic rings. The van der Waals surface area contributed by atoms with Crippen molar-refractivity contribution in [2.75, 3.05) is 19.4 Å². The van der Waals surface area contributed by atoms with Crippen LogP contribution in [0.2, 0.25) is 0 Å². The van der Waals surface area contributed by atoms with Crippen molar-refractivity contribution in [3.63, 3.8) is 0 Å². The highest BCUT2D eigenvalue weighted by Crippen LogP contribution is 2.15. The Morgan fingerprint density at radius 2 is 1.77 bits per heavy atom. The lowest BCUT2D eigenvalue weighted by atomic mass is 10.1. The molecule has 0 aliphatic rings. The lowest BCUT2D eigenvalue weighted by Crippen LogP contribution is -2.10. The van der Waals surface area contributed by atoms with E-state index in [0.717, 1.165) is 12.1 Å². The second-order valence-electron chi connectivity index (χ2n) is 4.89. The van der Waals surface area contributed by atoms with Crippen LogP contribution in [0.3, 0.4) is 0 Å². The summed E-state index contributed by atoms with van der Waals surface area (Å²) in [4.78, 5) is 11.8. The minimum absolute atomic E-state index is 0.262. The number of anilines is 1. The molecule has 5 heteroatoms. The predicted octanol–water partition coefficient (Wildman–Crippen LogP) is 4.00. The second kappa shape index (κ2) is 10.1. The van der Waals surface area contributed by atoms with Crippen molar-refractivity contribution in [3.8, 4) is 0 Å². The SMILES string of the molecule is CCCCc1ccc(NC(=O)c2ccc(S)o2)cc1.CNC. The number of carbonyl (C=O) groups excluding carboxylic acids is 1. The monoisotopic (exact) mass is 320 g/mol. The first-order valence-corrected chi connectivity index (χ1v) is 7.83. The first kappa shape index (κ1) is 18.3. The largest absolute Gasteiger partial charge is 0.445 e. The number of rotatable bonds is 5. The van der Waals surface area contributed by atoms with E-state index in [9.17, 15) is 4.79 Å². The van der Waals surface area contributed by atoms with Crippen LogP contribution in [-0.2, 0) is 6.42 Å². The third-order valence-electron chi connectivity index (χ3n) is 2.85. The summed E-state index contributed by atoms with van der Waals surface area (Å²) in [7, 11) is 3.75. The molecule has 2 rings (SSSR count). The van der Waals surface area contributed by atoms with Gasteiger partial charge in [0.05, 0.1) is 0 Å². The summed E-state index contributed by atoms with van der Waals surface area (Å²) in [6, 6.07) is 11.1. The average Bonchev–Trinajstić information content (AvgIpc) is 2.94. The molecule has 0 aliphatic carbocycles. The van der Waals surface area contributed by atoms with Gasteiger partial charge in [0, 0.05) is 5.69 Å². The number of nitrogens with one attached hydrogen (secondary N) is 2. The van der Waals surface area contributed by atoms with Gasteiger partial charge in [0.15, 0.2) is 10.9 Å². The topological polar surface area (TPSA) is 54.3 Å². The van der Waals surface area contributed by atoms with Crippen molar-refractivity contribution in [3.05, 3.63) is 47.7 Å². The molecule has 0 saturated carbocycles. The molecule has 1 amide bonds. The fraction of sp³-hybridized carbons (Fsp3) is 0.353. The van der Waals surface area contributed by atoms with E-state index in [1.165, 1.54) is 18.4 Å². The Morgan fingerprint density at radius 1 is 1.14 bits per heavy atom. The van der Waals surface area contributed by atoms with E-state index in [0.29, 0.717) is 5.09 Å². The summed E-state index contributed by atoms with van der Waals surface area (Å²) in [5, 5.41) is 5.97. The van der Waals surface area contributed by atoms with Gasteiger partial charge >= 0.3 is 0 Å². The third kappa shape index (κ3) is 6.37.